The Morgan fingerprint density at radius 3 is 2.72 bits per heavy atom. The molecule has 1 N–H and O–H groups in total. The van der Waals surface area contributed by atoms with E-state index in [1.54, 1.807) is 30.6 Å². The lowest BCUT2D eigenvalue weighted by Crippen LogP contribution is -2.55. The number of nitrogens with one attached hydrogen (secondary N) is 1. The lowest BCUT2D eigenvalue weighted by atomic mass is 9.93. The normalized spacial score (nSPS) is 19.1. The Morgan fingerprint density at radius 2 is 1.90 bits per heavy atom. The van der Waals surface area contributed by atoms with Gasteiger partial charge in [0, 0.05) is 30.9 Å². The van der Waals surface area contributed by atoms with Crippen molar-refractivity contribution in [3.8, 4) is 0 Å². The van der Waals surface area contributed by atoms with Gasteiger partial charge in [0.2, 0.25) is 5.67 Å². The van der Waals surface area contributed by atoms with E-state index in [4.69, 9.17) is 0 Å². The van der Waals surface area contributed by atoms with Crippen LogP contribution in [0.2, 0.25) is 0 Å². The summed E-state index contributed by atoms with van der Waals surface area (Å²) in [7, 11) is 0. The molecule has 7 heteroatoms. The van der Waals surface area contributed by atoms with Crippen LogP contribution >= 0.6 is 0 Å². The Hall–Kier alpha value is -3.35. The number of rotatable bonds is 4. The summed E-state index contributed by atoms with van der Waals surface area (Å²) in [6.07, 6.45) is 3.73. The maximum absolute atomic E-state index is 15.4. The summed E-state index contributed by atoms with van der Waals surface area (Å²) in [6.45, 7) is 0.340. The molecular formula is C22H21FN4O2. The molecule has 1 unspecified atom stereocenters. The number of benzene rings is 1. The number of likely N-dealkylation sites (tertiary alicyclic amines) is 1. The van der Waals surface area contributed by atoms with Crippen LogP contribution in [0.25, 0.3) is 10.9 Å². The third-order valence-corrected chi connectivity index (χ3v) is 5.16. The van der Waals surface area contributed by atoms with Crippen molar-refractivity contribution in [2.75, 3.05) is 13.1 Å². The first-order valence-electron chi connectivity index (χ1n) is 9.56. The van der Waals surface area contributed by atoms with Crippen LogP contribution in [0, 0.1) is 0 Å². The molecule has 3 heterocycles. The van der Waals surface area contributed by atoms with E-state index in [1.165, 1.54) is 4.90 Å². The quantitative estimate of drug-likeness (QED) is 0.741. The first kappa shape index (κ1) is 19.0. The van der Waals surface area contributed by atoms with E-state index in [-0.39, 0.29) is 31.1 Å². The number of carbonyl (C=O) groups is 2. The highest BCUT2D eigenvalue weighted by atomic mass is 19.1. The summed E-state index contributed by atoms with van der Waals surface area (Å²) in [5.41, 5.74) is -0.319. The van der Waals surface area contributed by atoms with Gasteiger partial charge in [-0.3, -0.25) is 14.6 Å². The molecular weight excluding hydrogens is 371 g/mol. The van der Waals surface area contributed by atoms with Crippen LogP contribution in [0.5, 0.6) is 0 Å². The molecule has 3 aromatic rings. The number of nitrogens with zero attached hydrogens (tertiary/aromatic N) is 3. The van der Waals surface area contributed by atoms with Gasteiger partial charge in [-0.05, 0) is 42.7 Å². The summed E-state index contributed by atoms with van der Waals surface area (Å²) in [4.78, 5) is 35.1. The van der Waals surface area contributed by atoms with Crippen LogP contribution < -0.4 is 5.32 Å². The molecule has 1 saturated heterocycles. The predicted octanol–water partition coefficient (Wildman–Crippen LogP) is 2.89. The molecule has 1 aliphatic heterocycles. The average molecular weight is 392 g/mol. The molecule has 0 saturated carbocycles. The number of hydrogen-bond acceptors (Lipinski definition) is 4. The van der Waals surface area contributed by atoms with E-state index in [0.717, 1.165) is 10.9 Å². The molecule has 0 radical (unpaired) electrons. The van der Waals surface area contributed by atoms with E-state index >= 15 is 4.39 Å². The van der Waals surface area contributed by atoms with Crippen molar-refractivity contribution in [1.29, 1.82) is 0 Å². The van der Waals surface area contributed by atoms with Gasteiger partial charge in [-0.2, -0.15) is 0 Å². The minimum absolute atomic E-state index is 0.0874. The van der Waals surface area contributed by atoms with Crippen LogP contribution in [0.4, 0.5) is 4.39 Å². The lowest BCUT2D eigenvalue weighted by Gasteiger charge is -2.36. The number of pyridine rings is 2. The fraction of sp³-hybridized carbons (Fsp3) is 0.273. The van der Waals surface area contributed by atoms with Gasteiger partial charge in [0.15, 0.2) is 0 Å². The third kappa shape index (κ3) is 4.08. The second kappa shape index (κ2) is 7.95. The number of halogens is 1. The fourth-order valence-electron chi connectivity index (χ4n) is 3.56. The van der Waals surface area contributed by atoms with Gasteiger partial charge < -0.3 is 10.2 Å². The number of carbonyl (C=O) groups excluding carboxylic acids is 2. The first-order chi connectivity index (χ1) is 14.0. The molecule has 4 rings (SSSR count). The van der Waals surface area contributed by atoms with Crippen molar-refractivity contribution in [2.45, 2.75) is 25.1 Å². The van der Waals surface area contributed by atoms with Gasteiger partial charge in [0.05, 0.1) is 12.1 Å². The predicted molar refractivity (Wildman–Crippen MR) is 107 cm³/mol. The summed E-state index contributed by atoms with van der Waals surface area (Å²) >= 11 is 0. The van der Waals surface area contributed by atoms with Crippen LogP contribution in [0.15, 0.2) is 60.9 Å². The van der Waals surface area contributed by atoms with Crippen LogP contribution in [0.3, 0.4) is 0 Å². The number of alkyl halides is 1. The molecule has 0 bridgehead atoms. The van der Waals surface area contributed by atoms with Crippen molar-refractivity contribution >= 4 is 22.7 Å². The number of piperidine rings is 1. The Kier molecular flexibility index (Phi) is 5.20. The largest absolute Gasteiger partial charge is 0.349 e. The maximum Gasteiger partial charge on any atom is 0.272 e. The van der Waals surface area contributed by atoms with Gasteiger partial charge in [0.25, 0.3) is 11.8 Å². The minimum atomic E-state index is -2.11. The number of amides is 2. The molecule has 0 spiro atoms. The van der Waals surface area contributed by atoms with Crippen molar-refractivity contribution in [3.63, 3.8) is 0 Å². The molecule has 1 fully saturated rings. The zero-order chi connectivity index (χ0) is 20.3. The van der Waals surface area contributed by atoms with Crippen molar-refractivity contribution in [1.82, 2.24) is 20.2 Å². The van der Waals surface area contributed by atoms with Gasteiger partial charge >= 0.3 is 0 Å². The van der Waals surface area contributed by atoms with Crippen molar-refractivity contribution in [3.05, 3.63) is 72.2 Å². The van der Waals surface area contributed by atoms with Crippen LogP contribution in [0.1, 0.15) is 28.9 Å². The van der Waals surface area contributed by atoms with Gasteiger partial charge in [-0.1, -0.05) is 24.3 Å². The topological polar surface area (TPSA) is 75.2 Å². The molecule has 2 aromatic heterocycles. The summed E-state index contributed by atoms with van der Waals surface area (Å²) in [5, 5.41) is 3.57. The zero-order valence-electron chi connectivity index (χ0n) is 15.8. The molecule has 6 nitrogen and oxygen atoms in total. The standard InChI is InChI=1S/C22H21FN4O2/c23-22(21(29)25-14-16-8-11-24-12-9-16)10-3-13-27(15-22)20(28)19-7-6-17-4-1-2-5-18(17)26-19/h1-2,4-9,11-12H,3,10,13-15H2,(H,25,29). The first-order valence-corrected chi connectivity index (χ1v) is 9.56. The molecule has 1 aliphatic rings. The second-order valence-electron chi connectivity index (χ2n) is 7.22. The highest BCUT2D eigenvalue weighted by Crippen LogP contribution is 2.27. The molecule has 148 valence electrons. The van der Waals surface area contributed by atoms with Gasteiger partial charge in [-0.15, -0.1) is 0 Å². The lowest BCUT2D eigenvalue weighted by molar-refractivity contribution is -0.136. The molecule has 0 aliphatic carbocycles. The van der Waals surface area contributed by atoms with Crippen LogP contribution in [-0.2, 0) is 11.3 Å². The highest BCUT2D eigenvalue weighted by Gasteiger charge is 2.44. The van der Waals surface area contributed by atoms with E-state index in [2.05, 4.69) is 15.3 Å². The van der Waals surface area contributed by atoms with Gasteiger partial charge in [0.1, 0.15) is 5.69 Å². The number of aromatic nitrogens is 2. The van der Waals surface area contributed by atoms with E-state index in [1.807, 2.05) is 30.3 Å². The summed E-state index contributed by atoms with van der Waals surface area (Å²) in [5.74, 6) is -1.06. The highest BCUT2D eigenvalue weighted by molar-refractivity contribution is 5.96. The van der Waals surface area contributed by atoms with Gasteiger partial charge in [-0.25, -0.2) is 9.37 Å². The van der Waals surface area contributed by atoms with E-state index in [9.17, 15) is 9.59 Å². The van der Waals surface area contributed by atoms with E-state index in [0.29, 0.717) is 18.5 Å². The maximum atomic E-state index is 15.4. The second-order valence-corrected chi connectivity index (χ2v) is 7.22. The Bertz CT molecular complexity index is 1040. The summed E-state index contributed by atoms with van der Waals surface area (Å²) < 4.78 is 15.4. The minimum Gasteiger partial charge on any atom is -0.349 e. The fourth-order valence-corrected chi connectivity index (χ4v) is 3.56. The summed E-state index contributed by atoms with van der Waals surface area (Å²) in [6, 6.07) is 14.5. The monoisotopic (exact) mass is 392 g/mol. The molecule has 1 atom stereocenters. The number of fused-ring (bicyclic) bond motifs is 1. The number of para-hydroxylation sites is 1. The average Bonchev–Trinajstić information content (AvgIpc) is 2.77. The Morgan fingerprint density at radius 1 is 1.10 bits per heavy atom. The molecule has 29 heavy (non-hydrogen) atoms. The Labute approximate surface area is 167 Å². The SMILES string of the molecule is O=C(c1ccc2ccccc2n1)N1CCCC(F)(C(=O)NCc2ccncc2)C1. The van der Waals surface area contributed by atoms with Crippen molar-refractivity contribution in [2.24, 2.45) is 0 Å². The Balaban J connectivity index is 1.46. The zero-order valence-corrected chi connectivity index (χ0v) is 15.8. The number of hydrogen-bond donors (Lipinski definition) is 1. The smallest absolute Gasteiger partial charge is 0.272 e. The third-order valence-electron chi connectivity index (χ3n) is 5.16. The molecule has 1 aromatic carbocycles. The molecule has 2 amide bonds. The van der Waals surface area contributed by atoms with Crippen molar-refractivity contribution < 1.29 is 14.0 Å². The van der Waals surface area contributed by atoms with E-state index < -0.39 is 11.6 Å². The van der Waals surface area contributed by atoms with Crippen LogP contribution in [-0.4, -0.2) is 45.4 Å².